The summed E-state index contributed by atoms with van der Waals surface area (Å²) in [7, 11) is 2.25. The second-order valence-electron chi connectivity index (χ2n) is 13.4. The van der Waals surface area contributed by atoms with Crippen molar-refractivity contribution >= 4 is 11.7 Å². The van der Waals surface area contributed by atoms with Crippen LogP contribution in [0.25, 0.3) is 0 Å². The van der Waals surface area contributed by atoms with Crippen LogP contribution in [0, 0.1) is 0 Å². The maximum Gasteiger partial charge on any atom is 0.198 e. The minimum atomic E-state index is 0.330. The van der Waals surface area contributed by atoms with Crippen molar-refractivity contribution in [3.8, 4) is 0 Å². The van der Waals surface area contributed by atoms with Gasteiger partial charge in [0.25, 0.3) is 0 Å². The molecule has 5 nitrogen and oxygen atoms in total. The molecule has 1 atom stereocenters. The Labute approximate surface area is 257 Å². The number of aliphatic hydroxyl groups excluding tert-OH is 1. The highest BCUT2D eigenvalue weighted by Crippen LogP contribution is 2.22. The zero-order chi connectivity index (χ0) is 30.1. The molecule has 2 aliphatic rings. The number of aliphatic hydroxyl groups is 1. The standard InChI is InChI=1S/C26H53N2.C10H21N2O/c1-4-7-8-9-10-11-12-13-14-15-16-17-18-19-20-21-26-27-22-25-28(26,23-5-2)24-6-3;1-10-11-6-8-12(10,2)7-4-3-5-9-13/h4-25H2,1-3H3;13H,3-9H2,1-2H3/q2*+1. The van der Waals surface area contributed by atoms with Crippen LogP contribution in [0.3, 0.4) is 0 Å². The summed E-state index contributed by atoms with van der Waals surface area (Å²) >= 11 is 0. The molecule has 5 heteroatoms. The van der Waals surface area contributed by atoms with Crippen molar-refractivity contribution in [1.82, 2.24) is 0 Å². The molecule has 0 saturated carbocycles. The largest absolute Gasteiger partial charge is 0.396 e. The molecular weight excluding hydrogens is 504 g/mol. The average Bonchev–Trinajstić information content (AvgIpc) is 3.51. The molecule has 2 rings (SSSR count). The molecule has 0 bridgehead atoms. The van der Waals surface area contributed by atoms with Gasteiger partial charge in [0, 0.05) is 20.0 Å². The molecule has 0 saturated heterocycles. The number of hydrogen-bond acceptors (Lipinski definition) is 3. The van der Waals surface area contributed by atoms with E-state index in [4.69, 9.17) is 10.1 Å². The van der Waals surface area contributed by atoms with E-state index in [-0.39, 0.29) is 0 Å². The molecule has 0 aromatic rings. The van der Waals surface area contributed by atoms with Crippen molar-refractivity contribution in [3.05, 3.63) is 0 Å². The van der Waals surface area contributed by atoms with E-state index in [2.05, 4.69) is 39.7 Å². The van der Waals surface area contributed by atoms with Crippen LogP contribution in [-0.4, -0.2) is 85.2 Å². The third-order valence-corrected chi connectivity index (χ3v) is 9.70. The maximum absolute atomic E-state index is 8.65. The minimum absolute atomic E-state index is 0.330. The fourth-order valence-electron chi connectivity index (χ4n) is 6.86. The molecule has 1 unspecified atom stereocenters. The summed E-state index contributed by atoms with van der Waals surface area (Å²) in [6.45, 7) is 17.7. The Kier molecular flexibility index (Phi) is 23.0. The molecule has 0 fully saturated rings. The van der Waals surface area contributed by atoms with Crippen molar-refractivity contribution < 1.29 is 14.1 Å². The van der Waals surface area contributed by atoms with Gasteiger partial charge in [-0.2, -0.15) is 0 Å². The van der Waals surface area contributed by atoms with Crippen molar-refractivity contribution in [2.24, 2.45) is 9.98 Å². The number of unbranched alkanes of at least 4 members (excludes halogenated alkanes) is 16. The smallest absolute Gasteiger partial charge is 0.198 e. The molecule has 0 amide bonds. The van der Waals surface area contributed by atoms with Gasteiger partial charge in [0.2, 0.25) is 0 Å². The summed E-state index contributed by atoms with van der Waals surface area (Å²) in [5, 5.41) is 8.65. The van der Waals surface area contributed by atoms with Gasteiger partial charge in [-0.1, -0.05) is 111 Å². The van der Waals surface area contributed by atoms with Crippen LogP contribution < -0.4 is 0 Å². The Hall–Kier alpha value is -0.780. The third-order valence-electron chi connectivity index (χ3n) is 9.70. The van der Waals surface area contributed by atoms with E-state index in [1.807, 2.05) is 0 Å². The predicted molar refractivity (Wildman–Crippen MR) is 182 cm³/mol. The first kappa shape index (κ1) is 38.2. The number of likely N-dealkylation sites (N-methyl/N-ethyl adjacent to an activating group) is 1. The fraction of sp³-hybridized carbons (Fsp3) is 0.944. The summed E-state index contributed by atoms with van der Waals surface area (Å²) in [5.74, 6) is 2.81. The SMILES string of the molecule is CC1=NCC[N+]1(C)CCCCCO.CCCCCCCCCCCCCCCCCC1=NCC[N+]1(CCC)CCC. The molecule has 1 N–H and O–H groups in total. The van der Waals surface area contributed by atoms with Gasteiger partial charge in [0.15, 0.2) is 11.7 Å². The van der Waals surface area contributed by atoms with Gasteiger partial charge < -0.3 is 5.11 Å². The van der Waals surface area contributed by atoms with Crippen LogP contribution in [0.5, 0.6) is 0 Å². The van der Waals surface area contributed by atoms with Crippen molar-refractivity contribution in [3.63, 3.8) is 0 Å². The topological polar surface area (TPSA) is 45.0 Å². The molecule has 0 aromatic heterocycles. The number of hydrogen-bond donors (Lipinski definition) is 1. The predicted octanol–water partition coefficient (Wildman–Crippen LogP) is 9.32. The molecule has 2 aliphatic heterocycles. The highest BCUT2D eigenvalue weighted by atomic mass is 16.2. The lowest BCUT2D eigenvalue weighted by Gasteiger charge is -2.34. The Morgan fingerprint density at radius 2 is 1.05 bits per heavy atom. The first-order valence-electron chi connectivity index (χ1n) is 18.3. The molecule has 0 aromatic carbocycles. The van der Waals surface area contributed by atoms with Crippen LogP contribution in [0.15, 0.2) is 9.98 Å². The van der Waals surface area contributed by atoms with Crippen molar-refractivity contribution in [2.45, 2.75) is 163 Å². The lowest BCUT2D eigenvalue weighted by molar-refractivity contribution is -0.836. The van der Waals surface area contributed by atoms with Gasteiger partial charge >= 0.3 is 0 Å². The average molecular weight is 579 g/mol. The second kappa shape index (κ2) is 24.6. The third kappa shape index (κ3) is 16.6. The Morgan fingerprint density at radius 3 is 1.51 bits per heavy atom. The van der Waals surface area contributed by atoms with Gasteiger partial charge in [-0.05, 0) is 38.5 Å². The molecule has 0 radical (unpaired) electrons. The number of rotatable bonds is 25. The van der Waals surface area contributed by atoms with Gasteiger partial charge in [-0.3, -0.25) is 8.97 Å². The fourth-order valence-corrected chi connectivity index (χ4v) is 6.86. The van der Waals surface area contributed by atoms with E-state index in [0.29, 0.717) is 6.61 Å². The van der Waals surface area contributed by atoms with Crippen LogP contribution in [0.4, 0.5) is 0 Å². The first-order valence-corrected chi connectivity index (χ1v) is 18.3. The zero-order valence-corrected chi connectivity index (χ0v) is 28.7. The number of aliphatic imine (C=N–C) groups is 2. The monoisotopic (exact) mass is 579 g/mol. The van der Waals surface area contributed by atoms with E-state index in [1.165, 1.54) is 158 Å². The normalized spacial score (nSPS) is 19.7. The first-order chi connectivity index (χ1) is 20.0. The van der Waals surface area contributed by atoms with E-state index < -0.39 is 0 Å². The quantitative estimate of drug-likeness (QED) is 0.0851. The van der Waals surface area contributed by atoms with Crippen LogP contribution in [-0.2, 0) is 0 Å². The van der Waals surface area contributed by atoms with E-state index in [0.717, 1.165) is 37.0 Å². The highest BCUT2D eigenvalue weighted by Gasteiger charge is 2.35. The summed E-state index contributed by atoms with van der Waals surface area (Å²) in [6, 6.07) is 0. The summed E-state index contributed by atoms with van der Waals surface area (Å²) in [5.41, 5.74) is 0. The highest BCUT2D eigenvalue weighted by molar-refractivity contribution is 5.76. The van der Waals surface area contributed by atoms with Crippen LogP contribution in [0.1, 0.15) is 163 Å². The zero-order valence-electron chi connectivity index (χ0n) is 28.7. The van der Waals surface area contributed by atoms with E-state index in [1.54, 1.807) is 5.84 Å². The summed E-state index contributed by atoms with van der Waals surface area (Å²) < 4.78 is 2.25. The lowest BCUT2D eigenvalue weighted by Crippen LogP contribution is -2.51. The van der Waals surface area contributed by atoms with E-state index >= 15 is 0 Å². The molecule has 0 spiro atoms. The number of amidine groups is 2. The molecule has 2 heterocycles. The Bertz CT molecular complexity index is 670. The van der Waals surface area contributed by atoms with Crippen LogP contribution >= 0.6 is 0 Å². The van der Waals surface area contributed by atoms with Gasteiger partial charge in [0.1, 0.15) is 13.1 Å². The molecule has 242 valence electrons. The van der Waals surface area contributed by atoms with Gasteiger partial charge in [0.05, 0.1) is 39.8 Å². The lowest BCUT2D eigenvalue weighted by atomic mass is 10.0. The Balaban J connectivity index is 0.000000537. The van der Waals surface area contributed by atoms with Crippen molar-refractivity contribution in [2.75, 3.05) is 59.5 Å². The summed E-state index contributed by atoms with van der Waals surface area (Å²) in [4.78, 5) is 9.35. The number of nitrogens with zero attached hydrogens (tertiary/aromatic N) is 4. The Morgan fingerprint density at radius 1 is 0.561 bits per heavy atom. The van der Waals surface area contributed by atoms with Crippen molar-refractivity contribution in [1.29, 1.82) is 0 Å². The molecular formula is C36H74N4O+2. The van der Waals surface area contributed by atoms with E-state index in [9.17, 15) is 0 Å². The summed E-state index contributed by atoms with van der Waals surface area (Å²) in [6.07, 6.45) is 28.8. The van der Waals surface area contributed by atoms with Gasteiger partial charge in [-0.25, -0.2) is 9.98 Å². The van der Waals surface area contributed by atoms with Crippen LogP contribution in [0.2, 0.25) is 0 Å². The maximum atomic E-state index is 8.65. The number of quaternary nitrogens is 2. The minimum Gasteiger partial charge on any atom is -0.396 e. The van der Waals surface area contributed by atoms with Gasteiger partial charge in [-0.15, -0.1) is 0 Å². The molecule has 41 heavy (non-hydrogen) atoms. The second-order valence-corrected chi connectivity index (χ2v) is 13.4. The molecule has 0 aliphatic carbocycles.